The van der Waals surface area contributed by atoms with Crippen molar-refractivity contribution in [1.29, 1.82) is 0 Å². The molecule has 5 rings (SSSR count). The van der Waals surface area contributed by atoms with E-state index >= 15 is 0 Å². The molecule has 0 bridgehead atoms. The fraction of sp³-hybridized carbons (Fsp3) is 0.212. The van der Waals surface area contributed by atoms with Crippen LogP contribution in [0.25, 0.3) is 22.4 Å². The van der Waals surface area contributed by atoms with Crippen molar-refractivity contribution in [2.24, 2.45) is 5.73 Å². The number of aryl methyl sites for hydroxylation is 1. The van der Waals surface area contributed by atoms with Gasteiger partial charge in [0.25, 0.3) is 10.1 Å². The van der Waals surface area contributed by atoms with Crippen LogP contribution in [0.2, 0.25) is 0 Å². The molecule has 0 fully saturated rings. The van der Waals surface area contributed by atoms with Crippen molar-refractivity contribution in [3.05, 3.63) is 97.0 Å². The summed E-state index contributed by atoms with van der Waals surface area (Å²) in [6.45, 7) is 7.31. The fourth-order valence-corrected chi connectivity index (χ4v) is 5.00. The largest absolute Gasteiger partial charge is 0.494 e. The van der Waals surface area contributed by atoms with Crippen LogP contribution >= 0.6 is 0 Å². The summed E-state index contributed by atoms with van der Waals surface area (Å²) >= 11 is 0. The van der Waals surface area contributed by atoms with Crippen LogP contribution in [-0.4, -0.2) is 84.6 Å². The first-order valence-electron chi connectivity index (χ1n) is 14.4. The lowest BCUT2D eigenvalue weighted by molar-refractivity contribution is -0.112. The molecule has 0 spiro atoms. The standard InChI is InChI=1S/C26H30N8O2.C7H8O3S/c1-17(24(27)35)19-15-20(22(36-5)16-21(19)33(4)14-13-32(2)3)30-26-29-11-8-23(31-26)34-12-9-18-7-6-10-28-25(18)34;1-6-2-4-7(5-3-6)11(8,9)10/h6-12,15-16H,1,13-14H2,2-5H3,(H2,27,35)(H,29,30,31);2-5H,1H3,(H,8,9,10). The Kier molecular flexibility index (Phi) is 10.9. The third kappa shape index (κ3) is 8.70. The topological polar surface area (TPSA) is 169 Å². The third-order valence-electron chi connectivity index (χ3n) is 7.14. The van der Waals surface area contributed by atoms with Crippen molar-refractivity contribution in [2.45, 2.75) is 11.8 Å². The number of fused-ring (bicyclic) bond motifs is 1. The highest BCUT2D eigenvalue weighted by atomic mass is 32.2. The molecule has 14 heteroatoms. The summed E-state index contributed by atoms with van der Waals surface area (Å²) in [5, 5.41) is 4.23. The number of benzene rings is 2. The molecule has 0 unspecified atom stereocenters. The third-order valence-corrected chi connectivity index (χ3v) is 8.00. The lowest BCUT2D eigenvalue weighted by Gasteiger charge is -2.26. The van der Waals surface area contributed by atoms with Gasteiger partial charge in [-0.2, -0.15) is 13.4 Å². The molecule has 0 radical (unpaired) electrons. The summed E-state index contributed by atoms with van der Waals surface area (Å²) in [6, 6.07) is 17.3. The minimum atomic E-state index is -4.02. The van der Waals surface area contributed by atoms with Crippen molar-refractivity contribution in [3.8, 4) is 11.6 Å². The van der Waals surface area contributed by atoms with Gasteiger partial charge in [0.2, 0.25) is 11.9 Å². The van der Waals surface area contributed by atoms with E-state index in [0.29, 0.717) is 28.8 Å². The zero-order valence-corrected chi connectivity index (χ0v) is 27.7. The van der Waals surface area contributed by atoms with Crippen molar-refractivity contribution >= 4 is 50.0 Å². The minimum absolute atomic E-state index is 0.0666. The smallest absolute Gasteiger partial charge is 0.294 e. The van der Waals surface area contributed by atoms with Crippen LogP contribution < -0.4 is 20.7 Å². The second-order valence-electron chi connectivity index (χ2n) is 10.9. The molecular weight excluding hydrogens is 620 g/mol. The quantitative estimate of drug-likeness (QED) is 0.137. The van der Waals surface area contributed by atoms with Gasteiger partial charge in [-0.05, 0) is 63.5 Å². The number of nitrogens with two attached hydrogens (primary N) is 1. The number of pyridine rings is 1. The molecular formula is C33H38N8O5S. The predicted molar refractivity (Wildman–Crippen MR) is 184 cm³/mol. The van der Waals surface area contributed by atoms with Gasteiger partial charge in [0.15, 0.2) is 0 Å². The Labute approximate surface area is 274 Å². The number of rotatable bonds is 11. The highest BCUT2D eigenvalue weighted by Crippen LogP contribution is 2.37. The highest BCUT2D eigenvalue weighted by molar-refractivity contribution is 7.85. The SMILES string of the molecule is C=C(C(N)=O)c1cc(Nc2nccc(-n3ccc4cccnc43)n2)c(OC)cc1N(C)CCN(C)C.Cc1ccc(S(=O)(=O)O)cc1. The average Bonchev–Trinajstić information content (AvgIpc) is 3.47. The Morgan fingerprint density at radius 3 is 2.40 bits per heavy atom. The molecule has 0 aliphatic carbocycles. The first-order valence-corrected chi connectivity index (χ1v) is 15.9. The Morgan fingerprint density at radius 2 is 1.77 bits per heavy atom. The number of aromatic nitrogens is 4. The van der Waals surface area contributed by atoms with Gasteiger partial charge in [0.1, 0.15) is 17.2 Å². The minimum Gasteiger partial charge on any atom is -0.494 e. The number of carbonyl (C=O) groups is 1. The van der Waals surface area contributed by atoms with E-state index < -0.39 is 16.0 Å². The maximum atomic E-state index is 12.1. The Morgan fingerprint density at radius 1 is 1.04 bits per heavy atom. The van der Waals surface area contributed by atoms with Gasteiger partial charge in [-0.25, -0.2) is 9.97 Å². The number of hydrogen-bond acceptors (Lipinski definition) is 10. The summed E-state index contributed by atoms with van der Waals surface area (Å²) in [7, 11) is 3.53. The molecule has 0 saturated carbocycles. The molecule has 0 aliphatic heterocycles. The maximum absolute atomic E-state index is 12.1. The number of anilines is 3. The first-order chi connectivity index (χ1) is 22.3. The number of amides is 1. The van der Waals surface area contributed by atoms with Crippen LogP contribution in [0.1, 0.15) is 11.1 Å². The lowest BCUT2D eigenvalue weighted by Crippen LogP contribution is -2.29. The van der Waals surface area contributed by atoms with E-state index in [1.165, 1.54) is 12.1 Å². The number of carbonyl (C=O) groups excluding carboxylic acids is 1. The molecule has 13 nitrogen and oxygen atoms in total. The molecule has 0 atom stereocenters. The van der Waals surface area contributed by atoms with E-state index in [1.807, 2.05) is 68.0 Å². The molecule has 5 aromatic rings. The molecule has 2 aromatic carbocycles. The number of methoxy groups -OCH3 is 1. The number of nitrogens with zero attached hydrogens (tertiary/aromatic N) is 6. The van der Waals surface area contributed by atoms with Gasteiger partial charge in [-0.3, -0.25) is 13.9 Å². The number of hydrogen-bond donors (Lipinski definition) is 3. The molecule has 47 heavy (non-hydrogen) atoms. The normalized spacial score (nSPS) is 11.1. The van der Waals surface area contributed by atoms with E-state index in [1.54, 1.807) is 43.8 Å². The zero-order chi connectivity index (χ0) is 34.3. The monoisotopic (exact) mass is 658 g/mol. The van der Waals surface area contributed by atoms with E-state index in [0.717, 1.165) is 35.4 Å². The summed E-state index contributed by atoms with van der Waals surface area (Å²) in [5.41, 5.74) is 9.51. The number of primary amides is 1. The van der Waals surface area contributed by atoms with Gasteiger partial charge in [-0.1, -0.05) is 24.3 Å². The van der Waals surface area contributed by atoms with Gasteiger partial charge in [-0.15, -0.1) is 0 Å². The van der Waals surface area contributed by atoms with Gasteiger partial charge in [0, 0.05) is 67.0 Å². The van der Waals surface area contributed by atoms with Crippen LogP contribution in [0.3, 0.4) is 0 Å². The van der Waals surface area contributed by atoms with Crippen molar-refractivity contribution in [3.63, 3.8) is 0 Å². The Balaban J connectivity index is 0.000000385. The molecule has 0 saturated heterocycles. The number of likely N-dealkylation sites (N-methyl/N-ethyl adjacent to an activating group) is 2. The van der Waals surface area contributed by atoms with Crippen molar-refractivity contribution in [2.75, 3.05) is 51.6 Å². The van der Waals surface area contributed by atoms with Crippen LogP contribution in [0.5, 0.6) is 5.75 Å². The van der Waals surface area contributed by atoms with Gasteiger partial charge >= 0.3 is 0 Å². The second kappa shape index (κ2) is 14.9. The van der Waals surface area contributed by atoms with Crippen LogP contribution in [0, 0.1) is 6.92 Å². The second-order valence-corrected chi connectivity index (χ2v) is 12.3. The summed E-state index contributed by atoms with van der Waals surface area (Å²) < 4.78 is 37.1. The van der Waals surface area contributed by atoms with E-state index in [9.17, 15) is 13.2 Å². The molecule has 0 aliphatic rings. The average molecular weight is 659 g/mol. The fourth-order valence-electron chi connectivity index (χ4n) is 4.52. The molecule has 3 heterocycles. The Hall–Kier alpha value is -5.31. The van der Waals surface area contributed by atoms with E-state index in [-0.39, 0.29) is 10.5 Å². The molecule has 246 valence electrons. The number of nitrogens with one attached hydrogen (secondary N) is 1. The Bertz CT molecular complexity index is 1990. The van der Waals surface area contributed by atoms with Gasteiger partial charge in [0.05, 0.1) is 17.7 Å². The maximum Gasteiger partial charge on any atom is 0.294 e. The zero-order valence-electron chi connectivity index (χ0n) is 26.9. The van der Waals surface area contributed by atoms with E-state index in [2.05, 4.69) is 31.7 Å². The van der Waals surface area contributed by atoms with E-state index in [4.69, 9.17) is 15.0 Å². The van der Waals surface area contributed by atoms with Crippen LogP contribution in [-0.2, 0) is 14.9 Å². The van der Waals surface area contributed by atoms with Crippen LogP contribution in [0.15, 0.2) is 90.7 Å². The molecule has 1 amide bonds. The number of ether oxygens (including phenoxy) is 1. The molecule has 3 aromatic heterocycles. The predicted octanol–water partition coefficient (Wildman–Crippen LogP) is 4.31. The summed E-state index contributed by atoms with van der Waals surface area (Å²) in [5.74, 6) is 0.971. The molecule has 4 N–H and O–H groups in total. The van der Waals surface area contributed by atoms with Gasteiger partial charge < -0.3 is 25.6 Å². The van der Waals surface area contributed by atoms with Crippen molar-refractivity contribution in [1.82, 2.24) is 24.4 Å². The first kappa shape index (κ1) is 34.6. The van der Waals surface area contributed by atoms with Crippen molar-refractivity contribution < 1.29 is 22.5 Å². The summed E-state index contributed by atoms with van der Waals surface area (Å²) in [6.07, 6.45) is 5.32. The highest BCUT2D eigenvalue weighted by Gasteiger charge is 2.19. The summed E-state index contributed by atoms with van der Waals surface area (Å²) in [4.78, 5) is 29.6. The van der Waals surface area contributed by atoms with Crippen LogP contribution in [0.4, 0.5) is 17.3 Å². The lowest BCUT2D eigenvalue weighted by atomic mass is 10.0.